The first-order valence-corrected chi connectivity index (χ1v) is 8.11. The van der Waals surface area contributed by atoms with Gasteiger partial charge in [-0.15, -0.1) is 11.3 Å². The van der Waals surface area contributed by atoms with E-state index in [1.165, 1.54) is 16.2 Å². The van der Waals surface area contributed by atoms with Gasteiger partial charge < -0.3 is 5.32 Å². The maximum Gasteiger partial charge on any atom is 0.129 e. The van der Waals surface area contributed by atoms with Gasteiger partial charge in [0.25, 0.3) is 0 Å². The number of benzene rings is 2. The van der Waals surface area contributed by atoms with Crippen LogP contribution in [0.3, 0.4) is 0 Å². The van der Waals surface area contributed by atoms with Crippen molar-refractivity contribution in [1.29, 1.82) is 0 Å². The van der Waals surface area contributed by atoms with Gasteiger partial charge in [0.2, 0.25) is 0 Å². The number of hydrogen-bond acceptors (Lipinski definition) is 2. The quantitative estimate of drug-likeness (QED) is 0.679. The maximum absolute atomic E-state index is 14.3. The van der Waals surface area contributed by atoms with Gasteiger partial charge in [-0.3, -0.25) is 0 Å². The Morgan fingerprint density at radius 2 is 2.05 bits per heavy atom. The molecule has 0 spiro atoms. The first-order valence-electron chi connectivity index (χ1n) is 6.85. The third-order valence-electron chi connectivity index (χ3n) is 3.50. The molecular weight excluding hydrogens is 305 g/mol. The molecule has 1 heterocycles. The number of halogens is 2. The molecule has 1 aromatic heterocycles. The average Bonchev–Trinajstić information content (AvgIpc) is 2.94. The smallest absolute Gasteiger partial charge is 0.129 e. The van der Waals surface area contributed by atoms with Crippen LogP contribution >= 0.6 is 22.9 Å². The highest BCUT2D eigenvalue weighted by Gasteiger charge is 2.19. The molecule has 1 unspecified atom stereocenters. The van der Waals surface area contributed by atoms with E-state index in [-0.39, 0.29) is 11.9 Å². The molecule has 0 bridgehead atoms. The summed E-state index contributed by atoms with van der Waals surface area (Å²) in [6.07, 6.45) is 0. The van der Waals surface area contributed by atoms with E-state index in [4.69, 9.17) is 11.6 Å². The van der Waals surface area contributed by atoms with Crippen LogP contribution in [0.2, 0.25) is 5.02 Å². The van der Waals surface area contributed by atoms with Gasteiger partial charge in [-0.05, 0) is 41.1 Å². The zero-order valence-electron chi connectivity index (χ0n) is 11.6. The molecule has 1 N–H and O–H groups in total. The van der Waals surface area contributed by atoms with Gasteiger partial charge in [-0.1, -0.05) is 42.8 Å². The Hall–Kier alpha value is -1.42. The minimum absolute atomic E-state index is 0.172. The zero-order chi connectivity index (χ0) is 14.8. The van der Waals surface area contributed by atoms with Crippen LogP contribution in [0.4, 0.5) is 4.39 Å². The summed E-state index contributed by atoms with van der Waals surface area (Å²) >= 11 is 7.55. The Kier molecular flexibility index (Phi) is 4.24. The third kappa shape index (κ3) is 2.82. The van der Waals surface area contributed by atoms with E-state index in [0.29, 0.717) is 10.6 Å². The first-order chi connectivity index (χ1) is 10.2. The van der Waals surface area contributed by atoms with Gasteiger partial charge in [0, 0.05) is 15.3 Å². The van der Waals surface area contributed by atoms with E-state index in [9.17, 15) is 4.39 Å². The number of rotatable bonds is 4. The van der Waals surface area contributed by atoms with Crippen LogP contribution in [0.25, 0.3) is 10.1 Å². The SMILES string of the molecule is CCNC(c1ccc(Cl)cc1F)c1cccc2ccsc12. The standard InChI is InChI=1S/C17H15ClFNS/c1-2-20-16(13-7-6-12(18)10-15(13)19)14-5-3-4-11-8-9-21-17(11)14/h3-10,16,20H,2H2,1H3. The minimum Gasteiger partial charge on any atom is -0.306 e. The van der Waals surface area contributed by atoms with Gasteiger partial charge in [-0.2, -0.15) is 0 Å². The Morgan fingerprint density at radius 1 is 1.19 bits per heavy atom. The lowest BCUT2D eigenvalue weighted by atomic mass is 9.97. The normalized spacial score (nSPS) is 12.7. The van der Waals surface area contributed by atoms with Crippen LogP contribution in [0.5, 0.6) is 0 Å². The Balaban J connectivity index is 2.15. The van der Waals surface area contributed by atoms with Crippen molar-refractivity contribution in [3.63, 3.8) is 0 Å². The van der Waals surface area contributed by atoms with Gasteiger partial charge in [0.15, 0.2) is 0 Å². The van der Waals surface area contributed by atoms with Crippen LogP contribution in [0.1, 0.15) is 24.1 Å². The van der Waals surface area contributed by atoms with Gasteiger partial charge in [0.1, 0.15) is 5.82 Å². The van der Waals surface area contributed by atoms with Crippen LogP contribution in [-0.4, -0.2) is 6.54 Å². The van der Waals surface area contributed by atoms with Crippen LogP contribution < -0.4 is 5.32 Å². The fourth-order valence-corrected chi connectivity index (χ4v) is 3.67. The lowest BCUT2D eigenvalue weighted by Gasteiger charge is -2.20. The van der Waals surface area contributed by atoms with E-state index in [1.807, 2.05) is 13.0 Å². The van der Waals surface area contributed by atoms with E-state index in [1.54, 1.807) is 23.5 Å². The fraction of sp³-hybridized carbons (Fsp3) is 0.176. The molecule has 0 fully saturated rings. The third-order valence-corrected chi connectivity index (χ3v) is 4.72. The fourth-order valence-electron chi connectivity index (χ4n) is 2.57. The monoisotopic (exact) mass is 319 g/mol. The Bertz CT molecular complexity index is 768. The molecule has 3 rings (SSSR count). The van der Waals surface area contributed by atoms with Gasteiger partial charge in [-0.25, -0.2) is 4.39 Å². The highest BCUT2D eigenvalue weighted by Crippen LogP contribution is 2.33. The second kappa shape index (κ2) is 6.14. The molecule has 1 atom stereocenters. The molecule has 2 aromatic carbocycles. The molecule has 108 valence electrons. The highest BCUT2D eigenvalue weighted by molar-refractivity contribution is 7.17. The Labute approximate surface area is 132 Å². The van der Waals surface area contributed by atoms with Crippen LogP contribution in [0, 0.1) is 5.82 Å². The van der Waals surface area contributed by atoms with Crippen molar-refractivity contribution in [2.45, 2.75) is 13.0 Å². The largest absolute Gasteiger partial charge is 0.306 e. The van der Waals surface area contributed by atoms with E-state index >= 15 is 0 Å². The van der Waals surface area contributed by atoms with Crippen molar-refractivity contribution >= 4 is 33.0 Å². The predicted molar refractivity (Wildman–Crippen MR) is 88.8 cm³/mol. The Morgan fingerprint density at radius 3 is 2.81 bits per heavy atom. The van der Waals surface area contributed by atoms with E-state index in [2.05, 4.69) is 28.9 Å². The lowest BCUT2D eigenvalue weighted by Crippen LogP contribution is -2.23. The molecule has 0 aliphatic heterocycles. The summed E-state index contributed by atoms with van der Waals surface area (Å²) in [5, 5.41) is 7.05. The van der Waals surface area contributed by atoms with E-state index < -0.39 is 0 Å². The molecule has 3 aromatic rings. The molecule has 0 aliphatic rings. The molecule has 0 saturated heterocycles. The number of fused-ring (bicyclic) bond motifs is 1. The predicted octanol–water partition coefficient (Wildman–Crippen LogP) is 5.39. The molecule has 0 radical (unpaired) electrons. The average molecular weight is 320 g/mol. The summed E-state index contributed by atoms with van der Waals surface area (Å²) in [5.41, 5.74) is 1.73. The summed E-state index contributed by atoms with van der Waals surface area (Å²) in [6, 6.07) is 12.9. The number of hydrogen-bond donors (Lipinski definition) is 1. The molecular formula is C17H15ClFNS. The summed E-state index contributed by atoms with van der Waals surface area (Å²) in [6.45, 7) is 2.78. The van der Waals surface area contributed by atoms with Gasteiger partial charge in [0.05, 0.1) is 6.04 Å². The summed E-state index contributed by atoms with van der Waals surface area (Å²) in [4.78, 5) is 0. The van der Waals surface area contributed by atoms with Gasteiger partial charge >= 0.3 is 0 Å². The van der Waals surface area contributed by atoms with E-state index in [0.717, 1.165) is 12.1 Å². The minimum atomic E-state index is -0.276. The summed E-state index contributed by atoms with van der Waals surface area (Å²) < 4.78 is 15.5. The molecule has 1 nitrogen and oxygen atoms in total. The highest BCUT2D eigenvalue weighted by atomic mass is 35.5. The first kappa shape index (κ1) is 14.5. The van der Waals surface area contributed by atoms with Crippen molar-refractivity contribution in [2.75, 3.05) is 6.54 Å². The molecule has 21 heavy (non-hydrogen) atoms. The van der Waals surface area contributed by atoms with Crippen molar-refractivity contribution in [3.05, 3.63) is 69.8 Å². The summed E-state index contributed by atoms with van der Waals surface area (Å²) in [5.74, 6) is -0.276. The lowest BCUT2D eigenvalue weighted by molar-refractivity contribution is 0.561. The summed E-state index contributed by atoms with van der Waals surface area (Å²) in [7, 11) is 0. The van der Waals surface area contributed by atoms with Crippen molar-refractivity contribution < 1.29 is 4.39 Å². The van der Waals surface area contributed by atoms with Crippen molar-refractivity contribution in [1.82, 2.24) is 5.32 Å². The maximum atomic E-state index is 14.3. The molecule has 0 saturated carbocycles. The van der Waals surface area contributed by atoms with Crippen LogP contribution in [-0.2, 0) is 0 Å². The van der Waals surface area contributed by atoms with Crippen molar-refractivity contribution in [3.8, 4) is 0 Å². The number of thiophene rings is 1. The number of nitrogens with one attached hydrogen (secondary N) is 1. The molecule has 0 aliphatic carbocycles. The topological polar surface area (TPSA) is 12.0 Å². The molecule has 0 amide bonds. The zero-order valence-corrected chi connectivity index (χ0v) is 13.1. The van der Waals surface area contributed by atoms with Crippen molar-refractivity contribution in [2.24, 2.45) is 0 Å². The second-order valence-corrected chi connectivity index (χ2v) is 6.20. The molecule has 4 heteroatoms. The second-order valence-electron chi connectivity index (χ2n) is 4.84. The van der Waals surface area contributed by atoms with Crippen LogP contribution in [0.15, 0.2) is 47.8 Å².